The number of nitrogens with zero attached hydrogens (tertiary/aromatic N) is 3. The molecule has 4 rings (SSSR count). The molecule has 0 radical (unpaired) electrons. The molecular formula is C21H25N3O2S2. The van der Waals surface area contributed by atoms with Gasteiger partial charge in [-0.05, 0) is 43.7 Å². The summed E-state index contributed by atoms with van der Waals surface area (Å²) in [5, 5.41) is 2.67. The third-order valence-electron chi connectivity index (χ3n) is 5.56. The van der Waals surface area contributed by atoms with E-state index in [9.17, 15) is 9.59 Å². The van der Waals surface area contributed by atoms with E-state index in [4.69, 9.17) is 4.98 Å². The molecule has 5 nitrogen and oxygen atoms in total. The van der Waals surface area contributed by atoms with E-state index in [1.54, 1.807) is 11.3 Å². The van der Waals surface area contributed by atoms with Gasteiger partial charge >= 0.3 is 0 Å². The van der Waals surface area contributed by atoms with Gasteiger partial charge in [0.2, 0.25) is 0 Å². The molecule has 0 aromatic carbocycles. The molecule has 1 fully saturated rings. The number of thiophene rings is 2. The zero-order valence-corrected chi connectivity index (χ0v) is 18.3. The molecule has 1 unspecified atom stereocenters. The van der Waals surface area contributed by atoms with Crippen LogP contribution in [0.25, 0.3) is 10.2 Å². The molecule has 0 spiro atoms. The van der Waals surface area contributed by atoms with Crippen molar-refractivity contribution >= 4 is 38.8 Å². The summed E-state index contributed by atoms with van der Waals surface area (Å²) in [6.45, 7) is 9.51. The highest BCUT2D eigenvalue weighted by atomic mass is 32.1. The number of hydrogen-bond acceptors (Lipinski definition) is 5. The maximum Gasteiger partial charge on any atom is 0.263 e. The number of fused-ring (bicyclic) bond motifs is 1. The molecule has 0 aliphatic carbocycles. The molecule has 1 aliphatic rings. The molecule has 148 valence electrons. The quantitative estimate of drug-likeness (QED) is 0.621. The molecule has 0 N–H and O–H groups in total. The average molecular weight is 416 g/mol. The number of carbonyl (C=O) groups is 1. The predicted octanol–water partition coefficient (Wildman–Crippen LogP) is 4.74. The van der Waals surface area contributed by atoms with Crippen molar-refractivity contribution in [2.45, 2.75) is 52.5 Å². The molecular weight excluding hydrogens is 390 g/mol. The SMILES string of the molecule is Cc1sc2nc(C(C)C)n(C3CCCN(C(=O)c4cccs4)C3)c(=O)c2c1C. The lowest BCUT2D eigenvalue weighted by Gasteiger charge is -2.34. The zero-order valence-electron chi connectivity index (χ0n) is 16.7. The topological polar surface area (TPSA) is 55.2 Å². The molecule has 3 aromatic heterocycles. The van der Waals surface area contributed by atoms with Gasteiger partial charge in [0.25, 0.3) is 11.5 Å². The van der Waals surface area contributed by atoms with Crippen molar-refractivity contribution in [3.63, 3.8) is 0 Å². The van der Waals surface area contributed by atoms with Crippen LogP contribution in [-0.2, 0) is 0 Å². The predicted molar refractivity (Wildman–Crippen MR) is 116 cm³/mol. The van der Waals surface area contributed by atoms with Crippen molar-refractivity contribution in [2.24, 2.45) is 0 Å². The Morgan fingerprint density at radius 3 is 2.79 bits per heavy atom. The Morgan fingerprint density at radius 2 is 2.11 bits per heavy atom. The van der Waals surface area contributed by atoms with Gasteiger partial charge in [0, 0.05) is 23.9 Å². The first kappa shape index (κ1) is 19.3. The van der Waals surface area contributed by atoms with Gasteiger partial charge in [0.15, 0.2) is 0 Å². The number of amides is 1. The maximum atomic E-state index is 13.5. The number of aromatic nitrogens is 2. The second-order valence-electron chi connectivity index (χ2n) is 7.79. The van der Waals surface area contributed by atoms with Gasteiger partial charge in [-0.25, -0.2) is 4.98 Å². The zero-order chi connectivity index (χ0) is 20.0. The number of carbonyl (C=O) groups excluding carboxylic acids is 1. The lowest BCUT2D eigenvalue weighted by molar-refractivity contribution is 0.0680. The third kappa shape index (κ3) is 3.20. The first-order chi connectivity index (χ1) is 13.4. The molecule has 3 aromatic rings. The molecule has 7 heteroatoms. The second-order valence-corrected chi connectivity index (χ2v) is 9.94. The number of piperidine rings is 1. The van der Waals surface area contributed by atoms with Crippen LogP contribution in [-0.4, -0.2) is 33.4 Å². The van der Waals surface area contributed by atoms with Crippen LogP contribution in [0.1, 0.15) is 64.6 Å². The van der Waals surface area contributed by atoms with E-state index in [2.05, 4.69) is 13.8 Å². The van der Waals surface area contributed by atoms with E-state index in [0.29, 0.717) is 6.54 Å². The van der Waals surface area contributed by atoms with Crippen LogP contribution < -0.4 is 5.56 Å². The van der Waals surface area contributed by atoms with E-state index in [1.807, 2.05) is 40.8 Å². The highest BCUT2D eigenvalue weighted by Crippen LogP contribution is 2.31. The van der Waals surface area contributed by atoms with Crippen LogP contribution >= 0.6 is 22.7 Å². The Balaban J connectivity index is 1.78. The number of hydrogen-bond donors (Lipinski definition) is 0. The average Bonchev–Trinajstić information content (AvgIpc) is 3.30. The molecule has 1 aliphatic heterocycles. The van der Waals surface area contributed by atoms with Gasteiger partial charge in [-0.15, -0.1) is 22.7 Å². The molecule has 0 bridgehead atoms. The van der Waals surface area contributed by atoms with Crippen molar-refractivity contribution < 1.29 is 4.79 Å². The van der Waals surface area contributed by atoms with Crippen molar-refractivity contribution in [3.05, 3.63) is 49.0 Å². The van der Waals surface area contributed by atoms with Crippen LogP contribution in [0, 0.1) is 13.8 Å². The monoisotopic (exact) mass is 415 g/mol. The fourth-order valence-corrected chi connectivity index (χ4v) is 5.71. The highest BCUT2D eigenvalue weighted by molar-refractivity contribution is 7.18. The fraction of sp³-hybridized carbons (Fsp3) is 0.476. The van der Waals surface area contributed by atoms with E-state index in [0.717, 1.165) is 50.7 Å². The Labute approximate surface area is 172 Å². The lowest BCUT2D eigenvalue weighted by atomic mass is 10.0. The minimum atomic E-state index is -0.0286. The number of aryl methyl sites for hydroxylation is 2. The first-order valence-electron chi connectivity index (χ1n) is 9.73. The summed E-state index contributed by atoms with van der Waals surface area (Å²) >= 11 is 3.06. The van der Waals surface area contributed by atoms with E-state index < -0.39 is 0 Å². The van der Waals surface area contributed by atoms with Crippen LogP contribution in [0.15, 0.2) is 22.3 Å². The Kier molecular flexibility index (Phi) is 5.14. The molecule has 4 heterocycles. The Morgan fingerprint density at radius 1 is 1.32 bits per heavy atom. The minimum absolute atomic E-state index is 0.0286. The molecule has 0 saturated carbocycles. The Bertz CT molecular complexity index is 1080. The van der Waals surface area contributed by atoms with Crippen LogP contribution in [0.3, 0.4) is 0 Å². The largest absolute Gasteiger partial charge is 0.336 e. The van der Waals surface area contributed by atoms with Crippen molar-refractivity contribution in [2.75, 3.05) is 13.1 Å². The Hall–Kier alpha value is -1.99. The van der Waals surface area contributed by atoms with Crippen LogP contribution in [0.2, 0.25) is 0 Å². The van der Waals surface area contributed by atoms with E-state index >= 15 is 0 Å². The number of rotatable bonds is 3. The smallest absolute Gasteiger partial charge is 0.263 e. The van der Waals surface area contributed by atoms with E-state index in [1.165, 1.54) is 11.3 Å². The standard InChI is InChI=1S/C21H25N3O2S2/c1-12(2)18-22-19-17(13(3)14(4)28-19)21(26)24(18)15-7-5-9-23(11-15)20(25)16-8-6-10-27-16/h6,8,10,12,15H,5,7,9,11H2,1-4H3. The van der Waals surface area contributed by atoms with Gasteiger partial charge in [-0.2, -0.15) is 0 Å². The summed E-state index contributed by atoms with van der Waals surface area (Å²) < 4.78 is 1.89. The van der Waals surface area contributed by atoms with Crippen molar-refractivity contribution in [3.8, 4) is 0 Å². The van der Waals surface area contributed by atoms with Crippen molar-refractivity contribution in [1.29, 1.82) is 0 Å². The third-order valence-corrected chi connectivity index (χ3v) is 7.52. The van der Waals surface area contributed by atoms with Gasteiger partial charge in [0.05, 0.1) is 16.3 Å². The van der Waals surface area contributed by atoms with Crippen LogP contribution in [0.4, 0.5) is 0 Å². The number of likely N-dealkylation sites (tertiary alicyclic amines) is 1. The molecule has 1 atom stereocenters. The van der Waals surface area contributed by atoms with Gasteiger partial charge in [-0.3, -0.25) is 14.2 Å². The summed E-state index contributed by atoms with van der Waals surface area (Å²) in [5.41, 5.74) is 1.08. The minimum Gasteiger partial charge on any atom is -0.336 e. The first-order valence-corrected chi connectivity index (χ1v) is 11.4. The molecule has 1 amide bonds. The van der Waals surface area contributed by atoms with Gasteiger partial charge in [-0.1, -0.05) is 19.9 Å². The normalized spacial score (nSPS) is 17.6. The summed E-state index contributed by atoms with van der Waals surface area (Å²) in [5.74, 6) is 1.04. The highest BCUT2D eigenvalue weighted by Gasteiger charge is 2.30. The van der Waals surface area contributed by atoms with Gasteiger partial charge in [0.1, 0.15) is 10.7 Å². The van der Waals surface area contributed by atoms with Gasteiger partial charge < -0.3 is 4.90 Å². The second kappa shape index (κ2) is 7.44. The van der Waals surface area contributed by atoms with Crippen LogP contribution in [0.5, 0.6) is 0 Å². The van der Waals surface area contributed by atoms with Crippen molar-refractivity contribution in [1.82, 2.24) is 14.5 Å². The molecule has 28 heavy (non-hydrogen) atoms. The fourth-order valence-electron chi connectivity index (χ4n) is 3.99. The molecule has 1 saturated heterocycles. The summed E-state index contributed by atoms with van der Waals surface area (Å²) in [4.78, 5) is 35.9. The summed E-state index contributed by atoms with van der Waals surface area (Å²) in [6, 6.07) is 3.74. The lowest BCUT2D eigenvalue weighted by Crippen LogP contribution is -2.43. The maximum absolute atomic E-state index is 13.5. The van der Waals surface area contributed by atoms with E-state index in [-0.39, 0.29) is 23.4 Å². The summed E-state index contributed by atoms with van der Waals surface area (Å²) in [6.07, 6.45) is 1.79. The summed E-state index contributed by atoms with van der Waals surface area (Å²) in [7, 11) is 0.